The predicted octanol–water partition coefficient (Wildman–Crippen LogP) is 4.12. The largest absolute Gasteiger partial charge is 0.383 e. The van der Waals surface area contributed by atoms with E-state index in [0.717, 1.165) is 0 Å². The van der Waals surface area contributed by atoms with Gasteiger partial charge in [-0.25, -0.2) is 9.97 Å². The molecule has 3 rings (SSSR count). The summed E-state index contributed by atoms with van der Waals surface area (Å²) in [4.78, 5) is 20.7. The molecule has 0 aliphatic rings. The SMILES string of the molecule is CN(C=O)c1cccc(Nc2ncnc(N)c2C(=N)c2ccc(Cl)c(Cl)c2)c1. The number of amides is 1. The molecule has 1 amide bonds. The van der Waals surface area contributed by atoms with Crippen LogP contribution in [0.1, 0.15) is 11.1 Å². The van der Waals surface area contributed by atoms with Gasteiger partial charge < -0.3 is 16.0 Å². The highest BCUT2D eigenvalue weighted by atomic mass is 35.5. The zero-order chi connectivity index (χ0) is 20.3. The van der Waals surface area contributed by atoms with E-state index in [1.165, 1.54) is 11.2 Å². The molecule has 0 aliphatic carbocycles. The zero-order valence-corrected chi connectivity index (χ0v) is 16.3. The summed E-state index contributed by atoms with van der Waals surface area (Å²) in [7, 11) is 1.65. The summed E-state index contributed by atoms with van der Waals surface area (Å²) in [5.74, 6) is 0.504. The van der Waals surface area contributed by atoms with Gasteiger partial charge in [0.25, 0.3) is 0 Å². The van der Waals surface area contributed by atoms with Crippen LogP contribution in [0.4, 0.5) is 23.0 Å². The van der Waals surface area contributed by atoms with Gasteiger partial charge in [-0.15, -0.1) is 0 Å². The molecule has 0 spiro atoms. The van der Waals surface area contributed by atoms with Crippen molar-refractivity contribution < 1.29 is 4.79 Å². The molecule has 0 bridgehead atoms. The Kier molecular flexibility index (Phi) is 5.77. The van der Waals surface area contributed by atoms with E-state index in [4.69, 9.17) is 34.3 Å². The summed E-state index contributed by atoms with van der Waals surface area (Å²) in [6, 6.07) is 12.1. The number of aromatic nitrogens is 2. The van der Waals surface area contributed by atoms with Gasteiger partial charge in [0.05, 0.1) is 21.3 Å². The van der Waals surface area contributed by atoms with E-state index in [2.05, 4.69) is 15.3 Å². The fraction of sp³-hybridized carbons (Fsp3) is 0.0526. The molecule has 0 saturated carbocycles. The van der Waals surface area contributed by atoms with Crippen LogP contribution in [-0.2, 0) is 4.79 Å². The topological polar surface area (TPSA) is 108 Å². The van der Waals surface area contributed by atoms with E-state index in [9.17, 15) is 4.79 Å². The second-order valence-electron chi connectivity index (χ2n) is 5.88. The summed E-state index contributed by atoms with van der Waals surface area (Å²) >= 11 is 12.0. The molecule has 0 radical (unpaired) electrons. The van der Waals surface area contributed by atoms with Crippen molar-refractivity contribution in [3.63, 3.8) is 0 Å². The van der Waals surface area contributed by atoms with Crippen molar-refractivity contribution in [2.24, 2.45) is 0 Å². The summed E-state index contributed by atoms with van der Waals surface area (Å²) < 4.78 is 0. The number of carbonyl (C=O) groups is 1. The monoisotopic (exact) mass is 414 g/mol. The Labute approximate surface area is 171 Å². The fourth-order valence-electron chi connectivity index (χ4n) is 2.54. The lowest BCUT2D eigenvalue weighted by atomic mass is 10.0. The third-order valence-electron chi connectivity index (χ3n) is 4.01. The summed E-state index contributed by atoms with van der Waals surface area (Å²) in [6.07, 6.45) is 2.03. The second kappa shape index (κ2) is 8.24. The lowest BCUT2D eigenvalue weighted by Crippen LogP contribution is -2.14. The first kappa shape index (κ1) is 19.6. The van der Waals surface area contributed by atoms with E-state index in [1.807, 2.05) is 6.07 Å². The zero-order valence-electron chi connectivity index (χ0n) is 14.8. The Balaban J connectivity index is 2.00. The Morgan fingerprint density at radius 1 is 1.18 bits per heavy atom. The van der Waals surface area contributed by atoms with Crippen LogP contribution in [0.3, 0.4) is 0 Å². The molecular weight excluding hydrogens is 399 g/mol. The standard InChI is InChI=1S/C19H16Cl2N6O/c1-27(10-28)13-4-2-3-12(8-13)26-19-16(18(23)24-9-25-19)17(22)11-5-6-14(20)15(21)7-11/h2-10,22H,1H3,(H3,23,24,25,26). The van der Waals surface area contributed by atoms with Gasteiger partial charge in [-0.2, -0.15) is 0 Å². The maximum Gasteiger partial charge on any atom is 0.213 e. The smallest absolute Gasteiger partial charge is 0.213 e. The van der Waals surface area contributed by atoms with Gasteiger partial charge >= 0.3 is 0 Å². The number of halogens is 2. The van der Waals surface area contributed by atoms with Crippen LogP contribution in [0.25, 0.3) is 0 Å². The number of nitrogen functional groups attached to an aromatic ring is 1. The van der Waals surface area contributed by atoms with Crippen LogP contribution in [0, 0.1) is 5.41 Å². The maximum atomic E-state index is 11.0. The molecule has 2 aromatic carbocycles. The Morgan fingerprint density at radius 2 is 1.96 bits per heavy atom. The third-order valence-corrected chi connectivity index (χ3v) is 4.75. The molecule has 0 fully saturated rings. The number of nitrogens with two attached hydrogens (primary N) is 1. The van der Waals surface area contributed by atoms with Crippen LogP contribution in [0.2, 0.25) is 10.0 Å². The number of anilines is 4. The average molecular weight is 415 g/mol. The van der Waals surface area contributed by atoms with Gasteiger partial charge in [0, 0.05) is 24.0 Å². The highest BCUT2D eigenvalue weighted by Crippen LogP contribution is 2.29. The molecule has 0 aliphatic heterocycles. The van der Waals surface area contributed by atoms with Crippen molar-refractivity contribution in [1.82, 2.24) is 9.97 Å². The Bertz CT molecular complexity index is 1060. The van der Waals surface area contributed by atoms with Gasteiger partial charge in [0.2, 0.25) is 6.41 Å². The van der Waals surface area contributed by atoms with Crippen LogP contribution >= 0.6 is 23.2 Å². The normalized spacial score (nSPS) is 10.4. The first-order valence-corrected chi connectivity index (χ1v) is 8.86. The highest BCUT2D eigenvalue weighted by Gasteiger charge is 2.17. The minimum absolute atomic E-state index is 0.0975. The molecule has 1 aromatic heterocycles. The lowest BCUT2D eigenvalue weighted by Gasteiger charge is -2.16. The minimum atomic E-state index is 0.0975. The lowest BCUT2D eigenvalue weighted by molar-refractivity contribution is -0.107. The van der Waals surface area contributed by atoms with E-state index in [1.54, 1.807) is 43.4 Å². The Hall–Kier alpha value is -3.16. The highest BCUT2D eigenvalue weighted by molar-refractivity contribution is 6.42. The molecule has 7 nitrogen and oxygen atoms in total. The van der Waals surface area contributed by atoms with Gasteiger partial charge in [-0.05, 0) is 30.3 Å². The predicted molar refractivity (Wildman–Crippen MR) is 113 cm³/mol. The minimum Gasteiger partial charge on any atom is -0.383 e. The molecule has 0 saturated heterocycles. The van der Waals surface area contributed by atoms with Gasteiger partial charge in [-0.3, -0.25) is 10.2 Å². The molecule has 142 valence electrons. The molecule has 9 heteroatoms. The first-order valence-electron chi connectivity index (χ1n) is 8.10. The van der Waals surface area contributed by atoms with Crippen molar-refractivity contribution in [2.45, 2.75) is 0 Å². The molecule has 3 aromatic rings. The molecular formula is C19H16Cl2N6O. The van der Waals surface area contributed by atoms with E-state index in [0.29, 0.717) is 44.8 Å². The third kappa shape index (κ3) is 4.05. The molecule has 28 heavy (non-hydrogen) atoms. The van der Waals surface area contributed by atoms with Crippen LogP contribution < -0.4 is 16.0 Å². The summed E-state index contributed by atoms with van der Waals surface area (Å²) in [5.41, 5.74) is 8.35. The van der Waals surface area contributed by atoms with Crippen molar-refractivity contribution >= 4 is 58.3 Å². The summed E-state index contributed by atoms with van der Waals surface area (Å²) in [5, 5.41) is 12.4. The number of benzene rings is 2. The van der Waals surface area contributed by atoms with Crippen molar-refractivity contribution in [1.29, 1.82) is 5.41 Å². The molecule has 0 unspecified atom stereocenters. The van der Waals surface area contributed by atoms with Gasteiger partial charge in [0.1, 0.15) is 18.0 Å². The number of hydrogen-bond donors (Lipinski definition) is 3. The number of nitrogens with zero attached hydrogens (tertiary/aromatic N) is 3. The number of rotatable bonds is 6. The number of hydrogen-bond acceptors (Lipinski definition) is 6. The Morgan fingerprint density at radius 3 is 2.68 bits per heavy atom. The van der Waals surface area contributed by atoms with Crippen molar-refractivity contribution in [3.8, 4) is 0 Å². The quantitative estimate of drug-likeness (QED) is 0.415. The molecule has 0 atom stereocenters. The molecule has 4 N–H and O–H groups in total. The van der Waals surface area contributed by atoms with Crippen LogP contribution in [-0.4, -0.2) is 29.1 Å². The van der Waals surface area contributed by atoms with E-state index in [-0.39, 0.29) is 11.5 Å². The number of carbonyl (C=O) groups excluding carboxylic acids is 1. The van der Waals surface area contributed by atoms with E-state index >= 15 is 0 Å². The number of nitrogens with one attached hydrogen (secondary N) is 2. The van der Waals surface area contributed by atoms with Gasteiger partial charge in [0.15, 0.2) is 0 Å². The summed E-state index contributed by atoms with van der Waals surface area (Å²) in [6.45, 7) is 0. The van der Waals surface area contributed by atoms with Gasteiger partial charge in [-0.1, -0.05) is 35.3 Å². The van der Waals surface area contributed by atoms with Crippen molar-refractivity contribution in [2.75, 3.05) is 23.0 Å². The average Bonchev–Trinajstić information content (AvgIpc) is 2.69. The van der Waals surface area contributed by atoms with Crippen LogP contribution in [0.5, 0.6) is 0 Å². The maximum absolute atomic E-state index is 11.0. The fourth-order valence-corrected chi connectivity index (χ4v) is 2.84. The first-order chi connectivity index (χ1) is 13.4. The van der Waals surface area contributed by atoms with E-state index < -0.39 is 0 Å². The van der Waals surface area contributed by atoms with Crippen molar-refractivity contribution in [3.05, 3.63) is 70.0 Å². The second-order valence-corrected chi connectivity index (χ2v) is 6.69. The van der Waals surface area contributed by atoms with Crippen LogP contribution in [0.15, 0.2) is 48.8 Å². The molecule has 1 heterocycles.